The second-order valence-electron chi connectivity index (χ2n) is 21.1. The van der Waals surface area contributed by atoms with Crippen molar-refractivity contribution in [1.82, 2.24) is 5.32 Å². The molecule has 1 amide bonds. The molecule has 0 aromatic heterocycles. The summed E-state index contributed by atoms with van der Waals surface area (Å²) in [4.78, 5) is 13.2. The molecule has 0 aromatic rings. The highest BCUT2D eigenvalue weighted by Crippen LogP contribution is 2.30. The van der Waals surface area contributed by atoms with Gasteiger partial charge in [-0.05, 0) is 122 Å². The van der Waals surface area contributed by atoms with Crippen LogP contribution in [0.25, 0.3) is 0 Å². The number of amides is 1. The Morgan fingerprint density at radius 2 is 0.833 bits per heavy atom. The van der Waals surface area contributed by atoms with E-state index in [0.29, 0.717) is 12.8 Å². The highest BCUT2D eigenvalue weighted by molar-refractivity contribution is 5.76. The molecule has 84 heavy (non-hydrogen) atoms. The summed E-state index contributed by atoms with van der Waals surface area (Å²) >= 11 is 0. The topological polar surface area (TPSA) is 228 Å². The van der Waals surface area contributed by atoms with Crippen molar-refractivity contribution in [2.24, 2.45) is 0 Å². The monoisotopic (exact) mass is 1170 g/mol. The zero-order chi connectivity index (χ0) is 60.9. The van der Waals surface area contributed by atoms with E-state index >= 15 is 0 Å². The first kappa shape index (κ1) is 75.4. The van der Waals surface area contributed by atoms with Gasteiger partial charge < -0.3 is 65.1 Å². The number of hydrogen-bond donors (Lipinski definition) is 9. The second-order valence-corrected chi connectivity index (χ2v) is 21.1. The van der Waals surface area contributed by atoms with Crippen molar-refractivity contribution in [2.45, 2.75) is 242 Å². The van der Waals surface area contributed by atoms with Crippen LogP contribution in [0.1, 0.15) is 168 Å². The molecule has 2 aliphatic heterocycles. The van der Waals surface area contributed by atoms with Gasteiger partial charge in [0.15, 0.2) is 12.6 Å². The van der Waals surface area contributed by atoms with Gasteiger partial charge in [0.1, 0.15) is 48.8 Å². The molecule has 0 aliphatic carbocycles. The summed E-state index contributed by atoms with van der Waals surface area (Å²) in [6, 6.07) is -0.967. The van der Waals surface area contributed by atoms with Gasteiger partial charge in [-0.15, -0.1) is 0 Å². The van der Waals surface area contributed by atoms with Crippen molar-refractivity contribution in [3.05, 3.63) is 170 Å². The number of carbonyl (C=O) groups excluding carboxylic acids is 1. The second kappa shape index (κ2) is 52.7. The van der Waals surface area contributed by atoms with Crippen molar-refractivity contribution >= 4 is 5.91 Å². The SMILES string of the molecule is CC/C=C\C/C=C\C/C=C\C/C=C\C/C=C\C/C=C\C/C=C\C/C=C\C/C=C\C/C=C\C/C=C\C/C=C\CCCCC(=O)NC(COC1OC(CO)C(OC2OC(CO)C(O)C(O)C2O)C(O)C1O)C(O)/C=C/CC/C=C/CCCCCCC. The average Bonchev–Trinajstić information content (AvgIpc) is 3.59. The third-order valence-electron chi connectivity index (χ3n) is 13.9. The fourth-order valence-corrected chi connectivity index (χ4v) is 8.87. The lowest BCUT2D eigenvalue weighted by molar-refractivity contribution is -0.359. The van der Waals surface area contributed by atoms with Gasteiger partial charge in [0.25, 0.3) is 0 Å². The Kier molecular flexibility index (Phi) is 47.3. The molecule has 0 spiro atoms. The molecule has 2 rings (SSSR count). The largest absolute Gasteiger partial charge is 0.394 e. The van der Waals surface area contributed by atoms with Crippen molar-refractivity contribution in [2.75, 3.05) is 19.8 Å². The summed E-state index contributed by atoms with van der Waals surface area (Å²) in [5, 5.41) is 86.9. The Bertz CT molecular complexity index is 2060. The maximum absolute atomic E-state index is 13.2. The number of nitrogens with one attached hydrogen (secondary N) is 1. The maximum Gasteiger partial charge on any atom is 0.220 e. The first-order chi connectivity index (χ1) is 41.1. The maximum atomic E-state index is 13.2. The standard InChI is InChI=1S/C70H109NO13/c1-3-5-7-9-11-13-15-16-17-18-19-20-21-22-23-24-25-26-27-28-29-30-31-32-33-34-35-36-37-38-39-40-41-42-44-46-48-50-52-54-62(75)71-58(59(74)53-51-49-47-45-43-14-12-10-8-6-4-2)57-81-69-67(80)65(78)68(61(56-73)83-69)84-70-66(79)64(77)63(76)60(55-72)82-70/h5,7,11,13,16-17,19-20,22-23,25-26,28-29,31-32,34-35,37-38,40-41,43-46,51,53,58-61,63-70,72-74,76-80H,3-4,6,8-10,12,14-15,18,21,24,27,30,33,36,39,42,47-50,52,54-57H2,1-2H3,(H,71,75)/b7-5-,13-11-,17-16-,20-19-,23-22-,26-25-,29-28-,32-31-,35-34-,38-37-,41-40-,45-43+,46-44-,53-51+. The van der Waals surface area contributed by atoms with E-state index in [1.165, 1.54) is 25.7 Å². The van der Waals surface area contributed by atoms with Gasteiger partial charge in [-0.3, -0.25) is 4.79 Å². The van der Waals surface area contributed by atoms with Gasteiger partial charge in [0.2, 0.25) is 5.91 Å². The van der Waals surface area contributed by atoms with Crippen LogP contribution in [0.4, 0.5) is 0 Å². The molecule has 0 saturated carbocycles. The van der Waals surface area contributed by atoms with Crippen LogP contribution in [0.5, 0.6) is 0 Å². The molecule has 14 heteroatoms. The lowest BCUT2D eigenvalue weighted by Crippen LogP contribution is -2.65. The molecule has 9 N–H and O–H groups in total. The zero-order valence-corrected chi connectivity index (χ0v) is 50.8. The van der Waals surface area contributed by atoms with Crippen LogP contribution in [0.3, 0.4) is 0 Å². The predicted molar refractivity (Wildman–Crippen MR) is 340 cm³/mol. The minimum Gasteiger partial charge on any atom is -0.394 e. The summed E-state index contributed by atoms with van der Waals surface area (Å²) in [5.41, 5.74) is 0. The van der Waals surface area contributed by atoms with Crippen LogP contribution in [0.2, 0.25) is 0 Å². The summed E-state index contributed by atoms with van der Waals surface area (Å²) in [6.45, 7) is 2.56. The summed E-state index contributed by atoms with van der Waals surface area (Å²) < 4.78 is 22.7. The number of unbranched alkanes of at least 4 members (excludes halogenated alkanes) is 8. The summed E-state index contributed by atoms with van der Waals surface area (Å²) in [6.07, 6.45) is 65.6. The summed E-state index contributed by atoms with van der Waals surface area (Å²) in [7, 11) is 0. The Morgan fingerprint density at radius 1 is 0.440 bits per heavy atom. The number of carbonyl (C=O) groups is 1. The Labute approximate surface area is 505 Å². The molecule has 14 nitrogen and oxygen atoms in total. The smallest absolute Gasteiger partial charge is 0.220 e. The van der Waals surface area contributed by atoms with E-state index in [1.807, 2.05) is 6.08 Å². The van der Waals surface area contributed by atoms with E-state index in [0.717, 1.165) is 109 Å². The van der Waals surface area contributed by atoms with Gasteiger partial charge in [-0.25, -0.2) is 0 Å². The lowest BCUT2D eigenvalue weighted by Gasteiger charge is -2.46. The van der Waals surface area contributed by atoms with Crippen LogP contribution >= 0.6 is 0 Å². The van der Waals surface area contributed by atoms with Crippen LogP contribution in [-0.2, 0) is 23.7 Å². The van der Waals surface area contributed by atoms with Gasteiger partial charge >= 0.3 is 0 Å². The number of aliphatic hydroxyl groups is 8. The van der Waals surface area contributed by atoms with Gasteiger partial charge in [-0.1, -0.05) is 210 Å². The fraction of sp³-hybridized carbons (Fsp3) is 0.586. The molecule has 0 bridgehead atoms. The molecule has 2 fully saturated rings. The van der Waals surface area contributed by atoms with E-state index in [9.17, 15) is 45.6 Å². The molecule has 0 radical (unpaired) electrons. The normalized spacial score (nSPS) is 24.9. The van der Waals surface area contributed by atoms with Crippen molar-refractivity contribution < 1.29 is 64.6 Å². The molecule has 472 valence electrons. The van der Waals surface area contributed by atoms with E-state index < -0.39 is 86.8 Å². The third-order valence-corrected chi connectivity index (χ3v) is 13.9. The van der Waals surface area contributed by atoms with E-state index in [4.69, 9.17) is 18.9 Å². The summed E-state index contributed by atoms with van der Waals surface area (Å²) in [5.74, 6) is -0.302. The number of hydrogen-bond acceptors (Lipinski definition) is 13. The van der Waals surface area contributed by atoms with Crippen molar-refractivity contribution in [3.63, 3.8) is 0 Å². The molecule has 12 atom stereocenters. The van der Waals surface area contributed by atoms with Gasteiger partial charge in [-0.2, -0.15) is 0 Å². The van der Waals surface area contributed by atoms with Gasteiger partial charge in [0, 0.05) is 6.42 Å². The predicted octanol–water partition coefficient (Wildman–Crippen LogP) is 11.7. The Balaban J connectivity index is 1.68. The Hall–Kier alpha value is -4.65. The zero-order valence-electron chi connectivity index (χ0n) is 50.8. The molecular weight excluding hydrogens is 1060 g/mol. The number of aliphatic hydroxyl groups excluding tert-OH is 8. The van der Waals surface area contributed by atoms with Crippen LogP contribution < -0.4 is 5.32 Å². The van der Waals surface area contributed by atoms with Crippen LogP contribution in [0.15, 0.2) is 170 Å². The molecule has 0 aromatic carbocycles. The first-order valence-corrected chi connectivity index (χ1v) is 31.4. The minimum absolute atomic E-state index is 0.206. The van der Waals surface area contributed by atoms with Crippen molar-refractivity contribution in [1.29, 1.82) is 0 Å². The molecule has 2 aliphatic rings. The quantitative estimate of drug-likeness (QED) is 0.0204. The molecular formula is C70H109NO13. The molecule has 2 heterocycles. The third kappa shape index (κ3) is 37.0. The fourth-order valence-electron chi connectivity index (χ4n) is 8.87. The molecule has 2 saturated heterocycles. The average molecular weight is 1170 g/mol. The first-order valence-electron chi connectivity index (χ1n) is 31.4. The van der Waals surface area contributed by atoms with E-state index in [2.05, 4.69) is 177 Å². The minimum atomic E-state index is -1.80. The van der Waals surface area contributed by atoms with E-state index in [-0.39, 0.29) is 18.9 Å². The highest BCUT2D eigenvalue weighted by Gasteiger charge is 2.51. The van der Waals surface area contributed by atoms with E-state index in [1.54, 1.807) is 6.08 Å². The Morgan fingerprint density at radius 3 is 1.30 bits per heavy atom. The van der Waals surface area contributed by atoms with Crippen molar-refractivity contribution in [3.8, 4) is 0 Å². The number of rotatable bonds is 47. The lowest BCUT2D eigenvalue weighted by atomic mass is 9.97. The number of ether oxygens (including phenoxy) is 4. The van der Waals surface area contributed by atoms with Crippen LogP contribution in [0, 0.1) is 0 Å². The number of allylic oxidation sites excluding steroid dienone is 27. The van der Waals surface area contributed by atoms with Crippen LogP contribution in [-0.4, -0.2) is 140 Å². The molecule has 12 unspecified atom stereocenters. The highest BCUT2D eigenvalue weighted by atomic mass is 16.7. The van der Waals surface area contributed by atoms with Gasteiger partial charge in [0.05, 0.1) is 32.0 Å².